The van der Waals surface area contributed by atoms with Crippen molar-refractivity contribution in [2.75, 3.05) is 13.2 Å². The zero-order valence-corrected chi connectivity index (χ0v) is 36.5. The number of aromatic hydroxyl groups is 1. The number of phenols is 1. The molecule has 0 bridgehead atoms. The van der Waals surface area contributed by atoms with E-state index in [4.69, 9.17) is 14.2 Å². The van der Waals surface area contributed by atoms with Gasteiger partial charge >= 0.3 is 5.97 Å². The summed E-state index contributed by atoms with van der Waals surface area (Å²) >= 11 is 0.697. The van der Waals surface area contributed by atoms with Crippen molar-refractivity contribution in [3.63, 3.8) is 0 Å². The molecule has 1 amide bonds. The van der Waals surface area contributed by atoms with E-state index < -0.39 is 96.3 Å². The number of ketones is 1. The molecular weight excluding hydrogens is 916 g/mol. The van der Waals surface area contributed by atoms with Crippen LogP contribution in [0.2, 0.25) is 0 Å². The number of nitrogens with one attached hydrogen (secondary N) is 1. The van der Waals surface area contributed by atoms with Crippen LogP contribution in [-0.4, -0.2) is 154 Å². The number of aliphatic hydroxyl groups is 6. The third kappa shape index (κ3) is 10.2. The Morgan fingerprint density at radius 3 is 2.54 bits per heavy atom. The number of carboxylic acid groups (broad SMARTS) is 1. The molecule has 0 radical (unpaired) electrons. The Balaban J connectivity index is 0.975. The van der Waals surface area contributed by atoms with E-state index in [9.17, 15) is 59.6 Å². The third-order valence-electron chi connectivity index (χ3n) is 11.5. The van der Waals surface area contributed by atoms with Gasteiger partial charge in [-0.05, 0) is 54.1 Å². The van der Waals surface area contributed by atoms with Gasteiger partial charge in [-0.2, -0.15) is 4.80 Å². The molecule has 0 spiro atoms. The number of nitrogens with zero attached hydrogens (tertiary/aromatic N) is 7. The second-order valence-corrected chi connectivity index (χ2v) is 17.4. The molecule has 68 heavy (non-hydrogen) atoms. The minimum absolute atomic E-state index is 0.0450. The van der Waals surface area contributed by atoms with E-state index in [2.05, 4.69) is 31.0 Å². The molecule has 358 valence electrons. The molecule has 5 aromatic rings. The number of phenolic OH excluding ortho intramolecular Hbond substituents is 1. The fourth-order valence-electron chi connectivity index (χ4n) is 8.09. The van der Waals surface area contributed by atoms with Gasteiger partial charge in [0.1, 0.15) is 76.2 Å². The first kappa shape index (κ1) is 48.0. The van der Waals surface area contributed by atoms with E-state index in [1.54, 1.807) is 18.2 Å². The maximum atomic E-state index is 13.9. The number of aliphatic hydroxyl groups excluding tert-OH is 6. The van der Waals surface area contributed by atoms with E-state index >= 15 is 0 Å². The molecular formula is C44H45FN8O14S. The first-order chi connectivity index (χ1) is 32.6. The molecule has 11 atom stereocenters. The van der Waals surface area contributed by atoms with Gasteiger partial charge in [0.25, 0.3) is 5.91 Å². The summed E-state index contributed by atoms with van der Waals surface area (Å²) in [6.45, 7) is -0.715. The minimum Gasteiger partial charge on any atom is -0.508 e. The van der Waals surface area contributed by atoms with Crippen molar-refractivity contribution in [3.05, 3.63) is 125 Å². The number of fused-ring (bicyclic) bond motifs is 2. The SMILES string of the molecule is C[C@@H](O)C(CO)OC(S[C@@H]1O[C@H](CO)C(O)C(n2nnc(CNC(=O)c3ccc(C4c5ccc(O)cc5OC5=CC(=O)C=CC54)c(C(=O)O)c3)n2)C1O)[C@@H](O)Cn1cc(-c2cccc(F)c2)nn1. The summed E-state index contributed by atoms with van der Waals surface area (Å²) in [6.07, 6.45) is -2.91. The number of carboxylic acids is 1. The van der Waals surface area contributed by atoms with Gasteiger partial charge < -0.3 is 60.4 Å². The monoisotopic (exact) mass is 960 g/mol. The van der Waals surface area contributed by atoms with E-state index in [0.717, 1.165) is 4.80 Å². The molecule has 0 saturated carbocycles. The molecule has 1 fully saturated rings. The van der Waals surface area contributed by atoms with E-state index in [1.807, 2.05) is 0 Å². The Hall–Kier alpha value is -6.48. The van der Waals surface area contributed by atoms with Crippen molar-refractivity contribution in [1.29, 1.82) is 0 Å². The number of tetrazole rings is 1. The number of thioether (sulfide) groups is 1. The van der Waals surface area contributed by atoms with Crippen molar-refractivity contribution < 1.29 is 73.8 Å². The first-order valence-corrected chi connectivity index (χ1v) is 22.0. The van der Waals surface area contributed by atoms with Crippen molar-refractivity contribution in [2.24, 2.45) is 5.92 Å². The lowest BCUT2D eigenvalue weighted by Gasteiger charge is -2.42. The van der Waals surface area contributed by atoms with Gasteiger partial charge in [-0.15, -0.1) is 15.3 Å². The topological polar surface area (TPSA) is 327 Å². The Morgan fingerprint density at radius 1 is 1.01 bits per heavy atom. The summed E-state index contributed by atoms with van der Waals surface area (Å²) in [7, 11) is 0. The van der Waals surface area contributed by atoms with Crippen LogP contribution in [0.25, 0.3) is 11.3 Å². The number of carbonyl (C=O) groups excluding carboxylic acids is 2. The molecule has 24 heteroatoms. The van der Waals surface area contributed by atoms with Gasteiger partial charge in [-0.3, -0.25) is 9.59 Å². The number of allylic oxidation sites excluding steroid dienone is 3. The zero-order chi connectivity index (χ0) is 48.4. The van der Waals surface area contributed by atoms with Crippen LogP contribution in [0.4, 0.5) is 4.39 Å². The highest BCUT2D eigenvalue weighted by molar-refractivity contribution is 8.00. The van der Waals surface area contributed by atoms with Gasteiger partial charge in [0.2, 0.25) is 0 Å². The lowest BCUT2D eigenvalue weighted by atomic mass is 9.74. The number of hydrogen-bond acceptors (Lipinski definition) is 19. The van der Waals surface area contributed by atoms with Crippen LogP contribution in [-0.2, 0) is 27.4 Å². The molecule has 4 heterocycles. The summed E-state index contributed by atoms with van der Waals surface area (Å²) in [5, 5.41) is 108. The van der Waals surface area contributed by atoms with Crippen LogP contribution in [0, 0.1) is 11.7 Å². The Labute approximate surface area is 388 Å². The average Bonchev–Trinajstić information content (AvgIpc) is 3.99. The second kappa shape index (κ2) is 20.4. The van der Waals surface area contributed by atoms with Crippen molar-refractivity contribution >= 4 is 29.4 Å². The molecule has 8 rings (SSSR count). The first-order valence-electron chi connectivity index (χ1n) is 21.1. The largest absolute Gasteiger partial charge is 0.508 e. The molecule has 7 unspecified atom stereocenters. The predicted molar refractivity (Wildman–Crippen MR) is 232 cm³/mol. The molecule has 1 aliphatic carbocycles. The second-order valence-electron chi connectivity index (χ2n) is 16.2. The van der Waals surface area contributed by atoms with Gasteiger partial charge in [0.05, 0.1) is 44.2 Å². The highest BCUT2D eigenvalue weighted by Crippen LogP contribution is 2.49. The number of aromatic carboxylic acids is 1. The molecule has 2 aromatic heterocycles. The fourth-order valence-corrected chi connectivity index (χ4v) is 9.36. The van der Waals surface area contributed by atoms with Crippen LogP contribution in [0.5, 0.6) is 11.5 Å². The molecule has 3 aliphatic rings. The van der Waals surface area contributed by atoms with Gasteiger partial charge in [-0.25, -0.2) is 13.9 Å². The van der Waals surface area contributed by atoms with Crippen molar-refractivity contribution in [3.8, 4) is 22.8 Å². The molecule has 9 N–H and O–H groups in total. The number of carbonyl (C=O) groups is 3. The Bertz CT molecular complexity index is 2730. The summed E-state index contributed by atoms with van der Waals surface area (Å²) in [5.74, 6) is -3.84. The normalized spacial score (nSPS) is 23.9. The summed E-state index contributed by atoms with van der Waals surface area (Å²) in [6, 6.07) is 12.7. The van der Waals surface area contributed by atoms with E-state index in [-0.39, 0.29) is 53.1 Å². The highest BCUT2D eigenvalue weighted by atomic mass is 32.2. The molecule has 1 saturated heterocycles. The molecule has 3 aromatic carbocycles. The van der Waals surface area contributed by atoms with Gasteiger partial charge in [0.15, 0.2) is 11.6 Å². The smallest absolute Gasteiger partial charge is 0.336 e. The van der Waals surface area contributed by atoms with Crippen LogP contribution < -0.4 is 10.1 Å². The quantitative estimate of drug-likeness (QED) is 0.0571. The third-order valence-corrected chi connectivity index (χ3v) is 12.9. The number of rotatable bonds is 17. The van der Waals surface area contributed by atoms with Crippen molar-refractivity contribution in [2.45, 2.75) is 79.5 Å². The Kier molecular flexibility index (Phi) is 14.4. The Morgan fingerprint density at radius 2 is 1.81 bits per heavy atom. The fraction of sp³-hybridized carbons (Fsp3) is 0.364. The lowest BCUT2D eigenvalue weighted by Crippen LogP contribution is -2.56. The lowest BCUT2D eigenvalue weighted by molar-refractivity contribution is -0.182. The van der Waals surface area contributed by atoms with Crippen LogP contribution in [0.1, 0.15) is 56.6 Å². The standard InChI is InChI=1S/C44H45FN8O14S/c1-20(56)34(18-54)66-43(31(59)17-52-16-30(47-50-52)21-3-2-4-23(45)11-21)68-44-40(61)38(39(60)35(19-55)67-44)53-49-36(48-51-53)15-46-41(62)22-5-8-26(29(12-22)42(63)64)37-27-9-6-24(57)13-32(27)65-33-14-25(58)7-10-28(33)37/h2-14,16,20,27,31,34-35,37-40,43-44,54-56,58-61H,15,17-19H2,1H3,(H,46,62)(H,63,64)/t20-,27?,31+,34?,35-,37?,38?,39?,40?,43?,44+/m1/s1. The number of hydrogen-bond donors (Lipinski definition) is 9. The number of amides is 1. The van der Waals surface area contributed by atoms with Crippen molar-refractivity contribution in [1.82, 2.24) is 40.5 Å². The number of aromatic nitrogens is 7. The van der Waals surface area contributed by atoms with Crippen LogP contribution in [0.15, 0.2) is 90.8 Å². The summed E-state index contributed by atoms with van der Waals surface area (Å²) < 4.78 is 32.8. The van der Waals surface area contributed by atoms with E-state index in [0.29, 0.717) is 34.1 Å². The van der Waals surface area contributed by atoms with Crippen LogP contribution in [0.3, 0.4) is 0 Å². The van der Waals surface area contributed by atoms with Gasteiger partial charge in [-0.1, -0.05) is 47.3 Å². The summed E-state index contributed by atoms with van der Waals surface area (Å²) in [5.41, 5.74) is -1.46. The maximum absolute atomic E-state index is 13.9. The maximum Gasteiger partial charge on any atom is 0.336 e. The van der Waals surface area contributed by atoms with Crippen LogP contribution >= 0.6 is 11.8 Å². The summed E-state index contributed by atoms with van der Waals surface area (Å²) in [4.78, 5) is 39.3. The number of halogens is 1. The average molecular weight is 961 g/mol. The number of benzene rings is 3. The highest BCUT2D eigenvalue weighted by Gasteiger charge is 2.49. The predicted octanol–water partition coefficient (Wildman–Crippen LogP) is 0.427. The molecule has 22 nitrogen and oxygen atoms in total. The van der Waals surface area contributed by atoms with E-state index in [1.165, 1.54) is 78.5 Å². The minimum atomic E-state index is -1.70. The van der Waals surface area contributed by atoms with Gasteiger partial charge in [0, 0.05) is 40.7 Å². The molecule has 2 aliphatic heterocycles. The number of ether oxygens (including phenoxy) is 3. The zero-order valence-electron chi connectivity index (χ0n) is 35.7.